The van der Waals surface area contributed by atoms with E-state index in [0.29, 0.717) is 21.7 Å². The van der Waals surface area contributed by atoms with Crippen LogP contribution in [-0.2, 0) is 0 Å². The minimum atomic E-state index is 0.586. The lowest BCUT2D eigenvalue weighted by atomic mass is 9.18. The molecule has 0 aliphatic heterocycles. The van der Waals surface area contributed by atoms with E-state index in [2.05, 4.69) is 83.1 Å². The Labute approximate surface area is 287 Å². The topological polar surface area (TPSA) is 0 Å². The van der Waals surface area contributed by atoms with E-state index in [4.69, 9.17) is 6.58 Å². The first kappa shape index (κ1) is 33.0. The van der Waals surface area contributed by atoms with Gasteiger partial charge in [0.1, 0.15) is 0 Å². The number of rotatable bonds is 8. The molecule has 0 aromatic rings. The molecule has 0 unspecified atom stereocenters. The van der Waals surface area contributed by atoms with Crippen LogP contribution < -0.4 is 0 Å². The molecule has 16 atom stereocenters. The molecule has 0 N–H and O–H groups in total. The molecule has 46 heavy (non-hydrogen) atoms. The Bertz CT molecular complexity index is 1050. The van der Waals surface area contributed by atoms with E-state index in [1.165, 1.54) is 64.0 Å². The Morgan fingerprint density at radius 3 is 0.826 bits per heavy atom. The highest BCUT2D eigenvalue weighted by molar-refractivity contribution is 6.65. The average molecular weight is 625 g/mol. The number of fused-ring (bicyclic) bond motifs is 8. The van der Waals surface area contributed by atoms with Crippen LogP contribution in [0, 0.1) is 92.7 Å². The first-order chi connectivity index (χ1) is 21.4. The maximum Gasteiger partial charge on any atom is 0.151 e. The number of hydrogen-bond acceptors (Lipinski definition) is 0. The van der Waals surface area contributed by atoms with Crippen molar-refractivity contribution in [3.63, 3.8) is 0 Å². The average Bonchev–Trinajstić information content (AvgIpc) is 2.98. The third-order valence-electron chi connectivity index (χ3n) is 20.9. The lowest BCUT2D eigenvalue weighted by molar-refractivity contribution is -0.107. The minimum Gasteiger partial charge on any atom is -0.101 e. The molecule has 12 fully saturated rings. The van der Waals surface area contributed by atoms with Crippen molar-refractivity contribution < 1.29 is 0 Å². The monoisotopic (exact) mass is 625 g/mol. The summed E-state index contributed by atoms with van der Waals surface area (Å²) in [6.07, 6.45) is 14.9. The summed E-state index contributed by atoms with van der Waals surface area (Å²) in [5.74, 6) is 15.1. The summed E-state index contributed by atoms with van der Waals surface area (Å²) in [7, 11) is 0. The second-order valence-electron chi connectivity index (χ2n) is 23.0. The van der Waals surface area contributed by atoms with Crippen molar-refractivity contribution in [1.29, 1.82) is 0 Å². The van der Waals surface area contributed by atoms with Crippen molar-refractivity contribution in [3.05, 3.63) is 12.2 Å². The van der Waals surface area contributed by atoms with Crippen molar-refractivity contribution in [3.8, 4) is 0 Å². The summed E-state index contributed by atoms with van der Waals surface area (Å²) in [4.78, 5) is 0. The van der Waals surface area contributed by atoms with Gasteiger partial charge >= 0.3 is 0 Å². The molecule has 0 amide bonds. The molecule has 2 heteroatoms. The largest absolute Gasteiger partial charge is 0.151 e. The molecule has 12 rings (SSSR count). The molecule has 12 saturated carbocycles. The van der Waals surface area contributed by atoms with Crippen LogP contribution in [0.2, 0.25) is 35.9 Å². The standard InChI is InChI=1S/C44H74B2/c1-24(22-45(37-18-29-14-33(25(37)2)41(29,6)7)38-19-30-15-34(26(38)3)42(30,8)9)23-46(39-20-31-16-35(27(39)4)43(31,10)11)40-21-32-17-36(28(40)5)44(32,12)13/h25-40H,1,14-23H2,2-13H3/t25-,26-,27-,28-,29+,30+,31+,32+,33-,34-,35-,36-,37-,38-,39-,40-/m0/s1. The van der Waals surface area contributed by atoms with Gasteiger partial charge in [-0.25, -0.2) is 0 Å². The van der Waals surface area contributed by atoms with E-state index in [1.807, 2.05) is 0 Å². The molecular weight excluding hydrogens is 550 g/mol. The second-order valence-corrected chi connectivity index (χ2v) is 23.0. The van der Waals surface area contributed by atoms with Gasteiger partial charge in [-0.3, -0.25) is 0 Å². The van der Waals surface area contributed by atoms with Gasteiger partial charge in [0.15, 0.2) is 13.4 Å². The van der Waals surface area contributed by atoms with Crippen LogP contribution in [0.1, 0.15) is 134 Å². The van der Waals surface area contributed by atoms with Gasteiger partial charge in [0.25, 0.3) is 0 Å². The SMILES string of the molecule is C=C(CB([C@H]1C[C@H]2C[C@@H]([C@@H]1C)C2(C)C)[C@H]1C[C@H]2C[C@@H]([C@@H]1C)C2(C)C)CB([C@H]1C[C@H]2C[C@@H]([C@@H]1C)C2(C)C)[C@H]1C[C@H]2C[C@@H]([C@@H]1C)C2(C)C. The molecule has 0 saturated heterocycles. The van der Waals surface area contributed by atoms with E-state index in [-0.39, 0.29) is 0 Å². The van der Waals surface area contributed by atoms with Crippen LogP contribution in [-0.4, -0.2) is 13.4 Å². The molecule has 12 aliphatic rings. The van der Waals surface area contributed by atoms with Gasteiger partial charge in [0.2, 0.25) is 0 Å². The molecule has 12 aliphatic carbocycles. The van der Waals surface area contributed by atoms with E-state index < -0.39 is 0 Å². The Morgan fingerprint density at radius 2 is 0.652 bits per heavy atom. The molecule has 0 nitrogen and oxygen atoms in total. The van der Waals surface area contributed by atoms with Gasteiger partial charge in [-0.15, -0.1) is 6.58 Å². The Hall–Kier alpha value is -0.130. The molecule has 0 spiro atoms. The van der Waals surface area contributed by atoms with E-state index in [0.717, 1.165) is 108 Å². The summed E-state index contributed by atoms with van der Waals surface area (Å²) in [6.45, 7) is 38.7. The first-order valence-electron chi connectivity index (χ1n) is 21.0. The van der Waals surface area contributed by atoms with Gasteiger partial charge < -0.3 is 0 Å². The van der Waals surface area contributed by atoms with Crippen molar-refractivity contribution in [2.75, 3.05) is 0 Å². The first-order valence-corrected chi connectivity index (χ1v) is 21.0. The van der Waals surface area contributed by atoms with Gasteiger partial charge in [-0.1, -0.05) is 150 Å². The van der Waals surface area contributed by atoms with Crippen molar-refractivity contribution in [1.82, 2.24) is 0 Å². The van der Waals surface area contributed by atoms with E-state index in [1.54, 1.807) is 5.57 Å². The normalized spacial score (nSPS) is 52.6. The molecule has 0 aromatic carbocycles. The fraction of sp³-hybridized carbons (Fsp3) is 0.955. The summed E-state index contributed by atoms with van der Waals surface area (Å²) >= 11 is 0. The molecule has 0 heterocycles. The fourth-order valence-corrected chi connectivity index (χ4v) is 17.0. The lowest BCUT2D eigenvalue weighted by Gasteiger charge is -2.67. The van der Waals surface area contributed by atoms with E-state index >= 15 is 0 Å². The maximum atomic E-state index is 5.15. The van der Waals surface area contributed by atoms with Gasteiger partial charge in [-0.05, 0) is 118 Å². The van der Waals surface area contributed by atoms with Gasteiger partial charge in [0, 0.05) is 0 Å². The van der Waals surface area contributed by atoms with Crippen LogP contribution in [0.4, 0.5) is 0 Å². The fourth-order valence-electron chi connectivity index (χ4n) is 17.0. The Balaban J connectivity index is 1.06. The van der Waals surface area contributed by atoms with E-state index in [9.17, 15) is 0 Å². The summed E-state index contributed by atoms with van der Waals surface area (Å²) in [5, 5.41) is 0. The van der Waals surface area contributed by atoms with Crippen LogP contribution in [0.3, 0.4) is 0 Å². The highest BCUT2D eigenvalue weighted by Gasteiger charge is 2.64. The van der Waals surface area contributed by atoms with Crippen molar-refractivity contribution in [2.45, 2.75) is 170 Å². The Morgan fingerprint density at radius 1 is 0.435 bits per heavy atom. The van der Waals surface area contributed by atoms with Gasteiger partial charge in [-0.2, -0.15) is 0 Å². The smallest absolute Gasteiger partial charge is 0.101 e. The molecule has 0 aromatic heterocycles. The zero-order chi connectivity index (χ0) is 33.0. The van der Waals surface area contributed by atoms with Crippen LogP contribution >= 0.6 is 0 Å². The third kappa shape index (κ3) is 4.37. The van der Waals surface area contributed by atoms with Crippen molar-refractivity contribution in [2.24, 2.45) is 92.7 Å². The van der Waals surface area contributed by atoms with Crippen LogP contribution in [0.25, 0.3) is 0 Å². The zero-order valence-corrected chi connectivity index (χ0v) is 32.7. The predicted molar refractivity (Wildman–Crippen MR) is 202 cm³/mol. The quantitative estimate of drug-likeness (QED) is 0.186. The van der Waals surface area contributed by atoms with Crippen molar-refractivity contribution >= 4 is 13.4 Å². The minimum absolute atomic E-state index is 0.586. The molecule has 256 valence electrons. The lowest BCUT2D eigenvalue weighted by Crippen LogP contribution is -2.60. The second kappa shape index (κ2) is 10.5. The molecular formula is C44H74B2. The molecule has 8 bridgehead atoms. The summed E-state index contributed by atoms with van der Waals surface area (Å²) in [5.41, 5.74) is 4.04. The number of allylic oxidation sites excluding steroid dienone is 1. The molecule has 0 radical (unpaired) electrons. The van der Waals surface area contributed by atoms with Crippen LogP contribution in [0.15, 0.2) is 12.2 Å². The Kier molecular flexibility index (Phi) is 7.51. The predicted octanol–water partition coefficient (Wildman–Crippen LogP) is 12.8. The number of hydrogen-bond donors (Lipinski definition) is 0. The maximum absolute atomic E-state index is 5.15. The zero-order valence-electron chi connectivity index (χ0n) is 32.7. The third-order valence-corrected chi connectivity index (χ3v) is 20.9. The highest BCUT2D eigenvalue weighted by Crippen LogP contribution is 2.72. The summed E-state index contributed by atoms with van der Waals surface area (Å²) in [6, 6.07) is 0. The van der Waals surface area contributed by atoms with Crippen LogP contribution in [0.5, 0.6) is 0 Å². The summed E-state index contributed by atoms with van der Waals surface area (Å²) < 4.78 is 0. The highest BCUT2D eigenvalue weighted by atomic mass is 14.6. The van der Waals surface area contributed by atoms with Gasteiger partial charge in [0.05, 0.1) is 0 Å².